The topological polar surface area (TPSA) is 67.5 Å². The highest BCUT2D eigenvalue weighted by molar-refractivity contribution is 5.90. The van der Waals surface area contributed by atoms with Crippen LogP contribution in [0.1, 0.15) is 21.7 Å². The van der Waals surface area contributed by atoms with E-state index in [9.17, 15) is 9.90 Å². The Morgan fingerprint density at radius 3 is 2.31 bits per heavy atom. The quantitative estimate of drug-likeness (QED) is 0.599. The summed E-state index contributed by atoms with van der Waals surface area (Å²) < 4.78 is 1.73. The summed E-state index contributed by atoms with van der Waals surface area (Å²) in [5.41, 5.74) is 5.91. The lowest BCUT2D eigenvalue weighted by Gasteiger charge is -2.08. The van der Waals surface area contributed by atoms with E-state index >= 15 is 0 Å². The molecule has 2 aromatic heterocycles. The van der Waals surface area contributed by atoms with Gasteiger partial charge >= 0.3 is 5.97 Å². The molecule has 1 N–H and O–H groups in total. The summed E-state index contributed by atoms with van der Waals surface area (Å²) in [4.78, 5) is 16.0. The maximum Gasteiger partial charge on any atom is 0.354 e. The Hall–Kier alpha value is -3.47. The number of carboxylic acids is 1. The van der Waals surface area contributed by atoms with Gasteiger partial charge in [0.25, 0.3) is 0 Å². The minimum absolute atomic E-state index is 0.00477. The number of benzene rings is 2. The van der Waals surface area contributed by atoms with Crippen LogP contribution in [0.5, 0.6) is 0 Å². The third-order valence-corrected chi connectivity index (χ3v) is 4.39. The van der Waals surface area contributed by atoms with Gasteiger partial charge in [0.2, 0.25) is 0 Å². The number of nitrogens with zero attached hydrogens (tertiary/aromatic N) is 3. The maximum atomic E-state index is 11.6. The summed E-state index contributed by atoms with van der Waals surface area (Å²) in [6.07, 6.45) is 0. The highest BCUT2D eigenvalue weighted by Crippen LogP contribution is 2.30. The lowest BCUT2D eigenvalue weighted by Crippen LogP contribution is -2.05. The zero-order chi connectivity index (χ0) is 18.3. The van der Waals surface area contributed by atoms with Gasteiger partial charge in [-0.1, -0.05) is 60.2 Å². The van der Waals surface area contributed by atoms with E-state index in [-0.39, 0.29) is 5.69 Å². The molecule has 0 saturated carbocycles. The van der Waals surface area contributed by atoms with Crippen LogP contribution >= 0.6 is 0 Å². The molecule has 26 heavy (non-hydrogen) atoms. The van der Waals surface area contributed by atoms with Crippen LogP contribution in [-0.2, 0) is 0 Å². The summed E-state index contributed by atoms with van der Waals surface area (Å²) in [7, 11) is 0. The van der Waals surface area contributed by atoms with Crippen LogP contribution in [0.4, 0.5) is 0 Å². The Morgan fingerprint density at radius 2 is 1.65 bits per heavy atom. The summed E-state index contributed by atoms with van der Waals surface area (Å²) in [5, 5.41) is 14.2. The summed E-state index contributed by atoms with van der Waals surface area (Å²) in [5.74, 6) is -1.06. The van der Waals surface area contributed by atoms with Gasteiger partial charge in [-0.2, -0.15) is 5.10 Å². The van der Waals surface area contributed by atoms with Gasteiger partial charge in [0.1, 0.15) is 0 Å². The Labute approximate surface area is 150 Å². The van der Waals surface area contributed by atoms with Crippen LogP contribution in [0, 0.1) is 13.8 Å². The molecule has 0 amide bonds. The summed E-state index contributed by atoms with van der Waals surface area (Å²) in [6.45, 7) is 3.93. The van der Waals surface area contributed by atoms with Gasteiger partial charge in [0.05, 0.1) is 11.4 Å². The third-order valence-electron chi connectivity index (χ3n) is 4.39. The average molecular weight is 343 g/mol. The highest BCUT2D eigenvalue weighted by atomic mass is 16.4. The largest absolute Gasteiger partial charge is 0.477 e. The molecule has 0 aliphatic rings. The van der Waals surface area contributed by atoms with Gasteiger partial charge in [-0.3, -0.25) is 0 Å². The molecule has 2 heterocycles. The van der Waals surface area contributed by atoms with Crippen molar-refractivity contribution in [2.24, 2.45) is 0 Å². The van der Waals surface area contributed by atoms with Crippen LogP contribution in [0.3, 0.4) is 0 Å². The molecule has 0 aliphatic heterocycles. The van der Waals surface area contributed by atoms with Crippen LogP contribution in [-0.4, -0.2) is 25.7 Å². The molecule has 0 unspecified atom stereocenters. The maximum absolute atomic E-state index is 11.6. The number of aryl methyl sites for hydroxylation is 2. The lowest BCUT2D eigenvalue weighted by atomic mass is 10.1. The number of hydrogen-bond acceptors (Lipinski definition) is 3. The average Bonchev–Trinajstić information content (AvgIpc) is 2.98. The first-order valence-electron chi connectivity index (χ1n) is 8.31. The number of rotatable bonds is 3. The minimum Gasteiger partial charge on any atom is -0.477 e. The molecular formula is C21H17N3O2. The fraction of sp³-hybridized carbons (Fsp3) is 0.0952. The van der Waals surface area contributed by atoms with Crippen LogP contribution < -0.4 is 0 Å². The van der Waals surface area contributed by atoms with E-state index in [0.717, 1.165) is 27.9 Å². The van der Waals surface area contributed by atoms with Crippen LogP contribution in [0.15, 0.2) is 60.7 Å². The highest BCUT2D eigenvalue weighted by Gasteiger charge is 2.19. The fourth-order valence-corrected chi connectivity index (χ4v) is 3.11. The zero-order valence-corrected chi connectivity index (χ0v) is 14.5. The number of hydrogen-bond donors (Lipinski definition) is 1. The second-order valence-electron chi connectivity index (χ2n) is 6.26. The Kier molecular flexibility index (Phi) is 3.77. The standard InChI is InChI=1S/C21H17N3O2/c1-13-8-10-15(11-9-13)18-12-17(21(25)26)22-20-19(14(2)23-24(18)20)16-6-4-3-5-7-16/h3-12H,1-2H3,(H,25,26). The van der Waals surface area contributed by atoms with Crippen molar-refractivity contribution in [1.82, 2.24) is 14.6 Å². The first-order chi connectivity index (χ1) is 12.5. The second-order valence-corrected chi connectivity index (χ2v) is 6.26. The second kappa shape index (κ2) is 6.11. The smallest absolute Gasteiger partial charge is 0.354 e. The Balaban J connectivity index is 2.07. The number of carbonyl (C=O) groups is 1. The van der Waals surface area contributed by atoms with Crippen molar-refractivity contribution >= 4 is 11.6 Å². The van der Waals surface area contributed by atoms with E-state index in [0.29, 0.717) is 11.3 Å². The monoisotopic (exact) mass is 343 g/mol. The molecule has 4 rings (SSSR count). The van der Waals surface area contributed by atoms with Gasteiger partial charge in [0.15, 0.2) is 11.3 Å². The van der Waals surface area contributed by atoms with Gasteiger partial charge in [-0.15, -0.1) is 0 Å². The number of aromatic nitrogens is 3. The van der Waals surface area contributed by atoms with E-state index in [1.165, 1.54) is 0 Å². The van der Waals surface area contributed by atoms with Crippen molar-refractivity contribution in [2.45, 2.75) is 13.8 Å². The molecule has 0 fully saturated rings. The van der Waals surface area contributed by atoms with E-state index in [1.807, 2.05) is 68.4 Å². The fourth-order valence-electron chi connectivity index (χ4n) is 3.11. The molecule has 0 bridgehead atoms. The van der Waals surface area contributed by atoms with Crippen molar-refractivity contribution in [3.63, 3.8) is 0 Å². The van der Waals surface area contributed by atoms with Crippen molar-refractivity contribution in [3.8, 4) is 22.4 Å². The van der Waals surface area contributed by atoms with E-state index < -0.39 is 5.97 Å². The molecule has 0 atom stereocenters. The SMILES string of the molecule is Cc1ccc(-c2cc(C(=O)O)nc3c(-c4ccccc4)c(C)nn23)cc1. The van der Waals surface area contributed by atoms with Crippen molar-refractivity contribution in [2.75, 3.05) is 0 Å². The lowest BCUT2D eigenvalue weighted by molar-refractivity contribution is 0.0690. The molecule has 0 aliphatic carbocycles. The summed E-state index contributed by atoms with van der Waals surface area (Å²) in [6, 6.07) is 19.3. The van der Waals surface area contributed by atoms with E-state index in [4.69, 9.17) is 0 Å². The molecule has 0 spiro atoms. The normalized spacial score (nSPS) is 11.0. The Bertz CT molecular complexity index is 1110. The first kappa shape index (κ1) is 16.0. The minimum atomic E-state index is -1.06. The van der Waals surface area contributed by atoms with Gasteiger partial charge in [0, 0.05) is 11.1 Å². The molecule has 2 aromatic carbocycles. The number of fused-ring (bicyclic) bond motifs is 1. The van der Waals surface area contributed by atoms with Gasteiger partial charge in [-0.25, -0.2) is 14.3 Å². The van der Waals surface area contributed by atoms with Gasteiger partial charge < -0.3 is 5.11 Å². The van der Waals surface area contributed by atoms with Crippen molar-refractivity contribution in [1.29, 1.82) is 0 Å². The first-order valence-corrected chi connectivity index (χ1v) is 8.31. The number of aromatic carboxylic acids is 1. The molecular weight excluding hydrogens is 326 g/mol. The van der Waals surface area contributed by atoms with Crippen LogP contribution in [0.2, 0.25) is 0 Å². The molecule has 5 heteroatoms. The molecule has 128 valence electrons. The molecule has 0 saturated heterocycles. The van der Waals surface area contributed by atoms with E-state index in [1.54, 1.807) is 10.6 Å². The predicted octanol–water partition coefficient (Wildman–Crippen LogP) is 4.38. The van der Waals surface area contributed by atoms with Crippen molar-refractivity contribution in [3.05, 3.63) is 77.6 Å². The summed E-state index contributed by atoms with van der Waals surface area (Å²) >= 11 is 0. The van der Waals surface area contributed by atoms with E-state index in [2.05, 4.69) is 10.1 Å². The van der Waals surface area contributed by atoms with Gasteiger partial charge in [-0.05, 0) is 25.5 Å². The third kappa shape index (κ3) is 2.63. The number of carboxylic acid groups (broad SMARTS) is 1. The van der Waals surface area contributed by atoms with Crippen LogP contribution in [0.25, 0.3) is 28.0 Å². The molecule has 5 nitrogen and oxygen atoms in total. The Morgan fingerprint density at radius 1 is 0.962 bits per heavy atom. The zero-order valence-electron chi connectivity index (χ0n) is 14.5. The van der Waals surface area contributed by atoms with Crippen molar-refractivity contribution < 1.29 is 9.90 Å². The molecule has 4 aromatic rings. The predicted molar refractivity (Wildman–Crippen MR) is 100 cm³/mol. The molecule has 0 radical (unpaired) electrons.